The number of hydrogen-bond acceptors (Lipinski definition) is 11. The molecule has 1 aliphatic heterocycles. The summed E-state index contributed by atoms with van der Waals surface area (Å²) < 4.78 is 46.2. The van der Waals surface area contributed by atoms with E-state index < -0.39 is 66.7 Å². The van der Waals surface area contributed by atoms with Crippen LogP contribution in [-0.4, -0.2) is 78.5 Å². The lowest BCUT2D eigenvalue weighted by molar-refractivity contribution is -0.344. The lowest BCUT2D eigenvalue weighted by Gasteiger charge is -2.48. The standard InChI is InChI=1S/C64H66N2O11/c1-64(2,3)77-62(68)55(65-63(69)74-43-54-52-35-21-19-33-50(52)51-34-20-22-36-53(51)54)37-57(67)66(75-42-49-31-17-8-18-32-49)61-60(73-41-48-29-15-7-16-30-48)59(72-40-47-27-13-6-14-28-47)58(71-39-46-25-11-5-12-26-46)56(76-61)44-70-38-45-23-9-4-10-24-45/h4-36,54-56,58-61H,37-44H2,1-3H3,(H,65,69)/t55-,56+,58+,59-,60+,61+/m0/s1. The number of fused-ring (bicyclic) bond motifs is 3. The smallest absolute Gasteiger partial charge is 0.407 e. The van der Waals surface area contributed by atoms with Gasteiger partial charge in [-0.15, -0.1) is 0 Å². The Hall–Kier alpha value is -7.49. The summed E-state index contributed by atoms with van der Waals surface area (Å²) in [6, 6.07) is 62.8. The van der Waals surface area contributed by atoms with Crippen LogP contribution in [0.1, 0.15) is 72.1 Å². The SMILES string of the molecule is CC(C)(C)OC(=O)[C@H](CC(=O)N(OCc1ccccc1)[C@@H]1O[C@H](COCc2ccccc2)[C@@H](OCc2ccccc2)[C@H](OCc2ccccc2)[C@H]1OCc1ccccc1)NC(=O)OCC1c2ccccc2-c2ccccc21. The summed E-state index contributed by atoms with van der Waals surface area (Å²) in [5, 5.41) is 3.80. The van der Waals surface area contributed by atoms with Crippen LogP contribution in [0, 0.1) is 0 Å². The molecule has 0 saturated carbocycles. The van der Waals surface area contributed by atoms with Crippen LogP contribution in [0.25, 0.3) is 11.1 Å². The van der Waals surface area contributed by atoms with E-state index in [0.717, 1.165) is 55.1 Å². The highest BCUT2D eigenvalue weighted by atomic mass is 16.7. The van der Waals surface area contributed by atoms with E-state index in [1.165, 1.54) is 0 Å². The maximum atomic E-state index is 15.5. The van der Waals surface area contributed by atoms with Gasteiger partial charge in [0.1, 0.15) is 49.3 Å². The normalized spacial score (nSPS) is 18.4. The summed E-state index contributed by atoms with van der Waals surface area (Å²) in [4.78, 5) is 50.5. The molecule has 0 spiro atoms. The molecule has 0 bridgehead atoms. The zero-order chi connectivity index (χ0) is 53.4. The average Bonchev–Trinajstić information content (AvgIpc) is 3.90. The lowest BCUT2D eigenvalue weighted by atomic mass is 9.96. The number of alkyl carbamates (subject to hydrolysis) is 1. The minimum Gasteiger partial charge on any atom is -0.458 e. The van der Waals surface area contributed by atoms with E-state index in [0.29, 0.717) is 0 Å². The molecule has 13 heteroatoms. The molecule has 0 unspecified atom stereocenters. The van der Waals surface area contributed by atoms with Crippen molar-refractivity contribution in [1.29, 1.82) is 0 Å². The quantitative estimate of drug-likeness (QED) is 0.0484. The summed E-state index contributed by atoms with van der Waals surface area (Å²) >= 11 is 0. The van der Waals surface area contributed by atoms with Gasteiger partial charge in [0.05, 0.1) is 39.5 Å². The molecule has 2 aliphatic rings. The summed E-state index contributed by atoms with van der Waals surface area (Å²) in [5.74, 6) is -1.84. The fourth-order valence-electron chi connectivity index (χ4n) is 9.57. The molecular formula is C64H66N2O11. The van der Waals surface area contributed by atoms with E-state index in [9.17, 15) is 9.59 Å². The number of hydroxylamine groups is 2. The van der Waals surface area contributed by atoms with Gasteiger partial charge in [-0.2, -0.15) is 5.06 Å². The van der Waals surface area contributed by atoms with Gasteiger partial charge < -0.3 is 38.5 Å². The van der Waals surface area contributed by atoms with E-state index in [4.69, 9.17) is 38.0 Å². The van der Waals surface area contributed by atoms with E-state index in [-0.39, 0.29) is 52.2 Å². The predicted molar refractivity (Wildman–Crippen MR) is 290 cm³/mol. The Morgan fingerprint density at radius 1 is 0.519 bits per heavy atom. The zero-order valence-electron chi connectivity index (χ0n) is 43.7. The Balaban J connectivity index is 1.06. The van der Waals surface area contributed by atoms with Crippen LogP contribution in [-0.2, 0) is 80.6 Å². The lowest BCUT2D eigenvalue weighted by Crippen LogP contribution is -2.66. The molecule has 0 aromatic heterocycles. The molecule has 1 N–H and O–H groups in total. The van der Waals surface area contributed by atoms with Crippen molar-refractivity contribution in [2.75, 3.05) is 13.2 Å². The van der Waals surface area contributed by atoms with Crippen LogP contribution in [0.2, 0.25) is 0 Å². The molecule has 2 amide bonds. The summed E-state index contributed by atoms with van der Waals surface area (Å²) in [7, 11) is 0. The van der Waals surface area contributed by atoms with Crippen molar-refractivity contribution in [2.24, 2.45) is 0 Å². The Kier molecular flexibility index (Phi) is 18.7. The number of ether oxygens (including phenoxy) is 7. The molecule has 0 radical (unpaired) electrons. The van der Waals surface area contributed by atoms with Gasteiger partial charge in [-0.1, -0.05) is 200 Å². The van der Waals surface area contributed by atoms with Crippen molar-refractivity contribution in [1.82, 2.24) is 10.4 Å². The highest BCUT2D eigenvalue weighted by molar-refractivity contribution is 5.88. The average molecular weight is 1040 g/mol. The highest BCUT2D eigenvalue weighted by Gasteiger charge is 2.52. The third kappa shape index (κ3) is 14.9. The van der Waals surface area contributed by atoms with Gasteiger partial charge in [0, 0.05) is 5.92 Å². The topological polar surface area (TPSA) is 140 Å². The summed E-state index contributed by atoms with van der Waals surface area (Å²) in [6.45, 7) is 5.71. The van der Waals surface area contributed by atoms with Crippen molar-refractivity contribution >= 4 is 18.0 Å². The molecule has 1 heterocycles. The first kappa shape index (κ1) is 54.3. The van der Waals surface area contributed by atoms with Crippen molar-refractivity contribution in [3.63, 3.8) is 0 Å². The predicted octanol–water partition coefficient (Wildman–Crippen LogP) is 11.3. The van der Waals surface area contributed by atoms with Crippen LogP contribution in [0.5, 0.6) is 0 Å². The molecule has 398 valence electrons. The first-order valence-electron chi connectivity index (χ1n) is 26.1. The van der Waals surface area contributed by atoms with Crippen molar-refractivity contribution in [3.8, 4) is 11.1 Å². The highest BCUT2D eigenvalue weighted by Crippen LogP contribution is 2.44. The fourth-order valence-corrected chi connectivity index (χ4v) is 9.57. The summed E-state index contributed by atoms with van der Waals surface area (Å²) in [6.07, 6.45) is -6.64. The molecule has 1 saturated heterocycles. The second-order valence-corrected chi connectivity index (χ2v) is 20.1. The number of amides is 2. The Morgan fingerprint density at radius 3 is 1.44 bits per heavy atom. The number of benzene rings is 7. The number of hydrogen-bond donors (Lipinski definition) is 1. The van der Waals surface area contributed by atoms with Gasteiger partial charge in [0.25, 0.3) is 5.91 Å². The van der Waals surface area contributed by atoms with Crippen LogP contribution in [0.4, 0.5) is 4.79 Å². The number of rotatable bonds is 23. The van der Waals surface area contributed by atoms with Gasteiger partial charge in [-0.3, -0.25) is 9.63 Å². The number of nitrogens with one attached hydrogen (secondary N) is 1. The van der Waals surface area contributed by atoms with Crippen molar-refractivity contribution in [2.45, 2.75) is 108 Å². The maximum Gasteiger partial charge on any atom is 0.407 e. The van der Waals surface area contributed by atoms with Gasteiger partial charge in [-0.05, 0) is 70.8 Å². The molecule has 7 aromatic carbocycles. The minimum absolute atomic E-state index is 0.00599. The number of carbonyl (C=O) groups is 3. The molecular weight excluding hydrogens is 973 g/mol. The molecule has 77 heavy (non-hydrogen) atoms. The zero-order valence-corrected chi connectivity index (χ0v) is 43.7. The van der Waals surface area contributed by atoms with Crippen LogP contribution < -0.4 is 5.32 Å². The van der Waals surface area contributed by atoms with E-state index >= 15 is 4.79 Å². The van der Waals surface area contributed by atoms with Gasteiger partial charge in [0.15, 0.2) is 6.23 Å². The first-order chi connectivity index (χ1) is 37.6. The van der Waals surface area contributed by atoms with Crippen molar-refractivity contribution in [3.05, 3.63) is 239 Å². The van der Waals surface area contributed by atoms with E-state index in [1.807, 2.05) is 200 Å². The van der Waals surface area contributed by atoms with Gasteiger partial charge in [-0.25, -0.2) is 9.59 Å². The van der Waals surface area contributed by atoms with Crippen LogP contribution in [0.15, 0.2) is 200 Å². The monoisotopic (exact) mass is 1040 g/mol. The van der Waals surface area contributed by atoms with E-state index in [2.05, 4.69) is 5.32 Å². The van der Waals surface area contributed by atoms with Crippen LogP contribution >= 0.6 is 0 Å². The van der Waals surface area contributed by atoms with E-state index in [1.54, 1.807) is 20.8 Å². The first-order valence-corrected chi connectivity index (χ1v) is 26.1. The number of nitrogens with zero attached hydrogens (tertiary/aromatic N) is 1. The molecule has 1 aliphatic carbocycles. The Labute approximate surface area is 450 Å². The minimum atomic E-state index is -1.54. The molecule has 1 fully saturated rings. The van der Waals surface area contributed by atoms with Gasteiger partial charge >= 0.3 is 12.1 Å². The van der Waals surface area contributed by atoms with Crippen molar-refractivity contribution < 1.29 is 52.4 Å². The molecule has 13 nitrogen and oxygen atoms in total. The number of carbonyl (C=O) groups excluding carboxylic acids is 3. The second kappa shape index (κ2) is 26.5. The summed E-state index contributed by atoms with van der Waals surface area (Å²) in [5.41, 5.74) is 7.53. The molecule has 9 rings (SSSR count). The third-order valence-corrected chi connectivity index (χ3v) is 13.3. The molecule has 6 atom stereocenters. The van der Waals surface area contributed by atoms with Crippen LogP contribution in [0.3, 0.4) is 0 Å². The third-order valence-electron chi connectivity index (χ3n) is 13.3. The Bertz CT molecular complexity index is 2910. The second-order valence-electron chi connectivity index (χ2n) is 20.1. The largest absolute Gasteiger partial charge is 0.458 e. The Morgan fingerprint density at radius 2 is 0.948 bits per heavy atom. The molecule has 7 aromatic rings. The van der Waals surface area contributed by atoms with Gasteiger partial charge in [0.2, 0.25) is 0 Å². The number of esters is 1. The maximum absolute atomic E-state index is 15.5. The fraction of sp³-hybridized carbons (Fsp3) is 0.297.